The van der Waals surface area contributed by atoms with Crippen LogP contribution < -0.4 is 10.6 Å². The van der Waals surface area contributed by atoms with Crippen molar-refractivity contribution in [3.8, 4) is 0 Å². The summed E-state index contributed by atoms with van der Waals surface area (Å²) in [6, 6.07) is 5.24. The van der Waals surface area contributed by atoms with Crippen LogP contribution in [0, 0.1) is 10.1 Å². The standard InChI is InChI=1S/C16H18N4O3S/c1-10(15-19-13-7-2-3-8-14(13)24-15)17-16(21)18-11-5-4-6-12(9-11)20(22)23/h4-6,9-10H,2-3,7-8H2,1H3,(H2,17,18,21)/t10-/m1/s1. The molecule has 0 fully saturated rings. The first-order valence-electron chi connectivity index (χ1n) is 7.83. The van der Waals surface area contributed by atoms with Gasteiger partial charge >= 0.3 is 6.03 Å². The van der Waals surface area contributed by atoms with E-state index in [1.54, 1.807) is 17.4 Å². The van der Waals surface area contributed by atoms with Crippen molar-refractivity contribution in [2.45, 2.75) is 38.6 Å². The number of nitro groups is 1. The van der Waals surface area contributed by atoms with Crippen LogP contribution >= 0.6 is 11.3 Å². The van der Waals surface area contributed by atoms with E-state index in [9.17, 15) is 14.9 Å². The van der Waals surface area contributed by atoms with E-state index in [1.165, 1.54) is 35.9 Å². The lowest BCUT2D eigenvalue weighted by Crippen LogP contribution is -2.31. The highest BCUT2D eigenvalue weighted by molar-refractivity contribution is 7.11. The van der Waals surface area contributed by atoms with Crippen molar-refractivity contribution in [2.75, 3.05) is 5.32 Å². The molecule has 8 heteroatoms. The number of rotatable bonds is 4. The summed E-state index contributed by atoms with van der Waals surface area (Å²) >= 11 is 1.66. The Labute approximate surface area is 143 Å². The van der Waals surface area contributed by atoms with Crippen molar-refractivity contribution in [3.63, 3.8) is 0 Å². The van der Waals surface area contributed by atoms with Gasteiger partial charge in [-0.1, -0.05) is 6.07 Å². The van der Waals surface area contributed by atoms with Crippen LogP contribution in [0.5, 0.6) is 0 Å². The fourth-order valence-corrected chi connectivity index (χ4v) is 3.84. The van der Waals surface area contributed by atoms with Gasteiger partial charge in [-0.05, 0) is 38.7 Å². The molecule has 1 heterocycles. The number of aryl methyl sites for hydroxylation is 2. The summed E-state index contributed by atoms with van der Waals surface area (Å²) in [5, 5.41) is 17.1. The molecular weight excluding hydrogens is 328 g/mol. The molecule has 126 valence electrons. The summed E-state index contributed by atoms with van der Waals surface area (Å²) in [5.74, 6) is 0. The van der Waals surface area contributed by atoms with Gasteiger partial charge in [0.1, 0.15) is 5.01 Å². The lowest BCUT2D eigenvalue weighted by molar-refractivity contribution is -0.384. The van der Waals surface area contributed by atoms with Gasteiger partial charge in [0.25, 0.3) is 5.69 Å². The van der Waals surface area contributed by atoms with Gasteiger partial charge in [0.2, 0.25) is 0 Å². The number of non-ortho nitro benzene ring substituents is 1. The molecule has 7 nitrogen and oxygen atoms in total. The molecule has 0 aliphatic heterocycles. The Kier molecular flexibility index (Phi) is 4.75. The van der Waals surface area contributed by atoms with Gasteiger partial charge in [-0.3, -0.25) is 10.1 Å². The van der Waals surface area contributed by atoms with E-state index in [0.29, 0.717) is 5.69 Å². The normalized spacial score (nSPS) is 14.5. The van der Waals surface area contributed by atoms with Gasteiger partial charge in [-0.15, -0.1) is 11.3 Å². The van der Waals surface area contributed by atoms with Crippen molar-refractivity contribution in [1.29, 1.82) is 0 Å². The maximum absolute atomic E-state index is 12.1. The predicted octanol–water partition coefficient (Wildman–Crippen LogP) is 3.81. The molecule has 24 heavy (non-hydrogen) atoms. The number of nitrogens with zero attached hydrogens (tertiary/aromatic N) is 2. The maximum Gasteiger partial charge on any atom is 0.319 e. The summed E-state index contributed by atoms with van der Waals surface area (Å²) in [5.41, 5.74) is 1.48. The zero-order valence-corrected chi connectivity index (χ0v) is 14.1. The third-order valence-electron chi connectivity index (χ3n) is 3.90. The van der Waals surface area contributed by atoms with Crippen LogP contribution in [0.1, 0.15) is 41.4 Å². The first kappa shape index (κ1) is 16.4. The molecule has 1 atom stereocenters. The minimum atomic E-state index is -0.494. The van der Waals surface area contributed by atoms with Crippen LogP contribution in [0.25, 0.3) is 0 Å². The quantitative estimate of drug-likeness (QED) is 0.650. The van der Waals surface area contributed by atoms with E-state index in [-0.39, 0.29) is 11.7 Å². The number of urea groups is 1. The van der Waals surface area contributed by atoms with Crippen LogP contribution in [0.3, 0.4) is 0 Å². The Bertz CT molecular complexity index is 751. The molecule has 1 aromatic heterocycles. The summed E-state index contributed by atoms with van der Waals surface area (Å²) < 4.78 is 0. The molecule has 2 aromatic rings. The fraction of sp³-hybridized carbons (Fsp3) is 0.375. The topological polar surface area (TPSA) is 97.2 Å². The molecule has 2 N–H and O–H groups in total. The molecule has 1 aliphatic carbocycles. The average molecular weight is 346 g/mol. The Balaban J connectivity index is 1.63. The number of nitro benzene ring substituents is 1. The van der Waals surface area contributed by atoms with Crippen LogP contribution in [0.4, 0.5) is 16.2 Å². The number of benzene rings is 1. The predicted molar refractivity (Wildman–Crippen MR) is 92.4 cm³/mol. The molecule has 0 bridgehead atoms. The number of fused-ring (bicyclic) bond motifs is 1. The lowest BCUT2D eigenvalue weighted by Gasteiger charge is -2.12. The number of nitrogens with one attached hydrogen (secondary N) is 2. The zero-order chi connectivity index (χ0) is 17.1. The highest BCUT2D eigenvalue weighted by atomic mass is 32.1. The van der Waals surface area contributed by atoms with E-state index in [2.05, 4.69) is 15.6 Å². The van der Waals surface area contributed by atoms with Crippen molar-refractivity contribution < 1.29 is 9.72 Å². The van der Waals surface area contributed by atoms with Gasteiger partial charge in [-0.2, -0.15) is 0 Å². The molecule has 0 saturated carbocycles. The van der Waals surface area contributed by atoms with Crippen LogP contribution in [-0.2, 0) is 12.8 Å². The molecular formula is C16H18N4O3S. The summed E-state index contributed by atoms with van der Waals surface area (Å²) in [6.45, 7) is 1.89. The number of anilines is 1. The summed E-state index contributed by atoms with van der Waals surface area (Å²) in [7, 11) is 0. The van der Waals surface area contributed by atoms with Gasteiger partial charge in [0, 0.05) is 22.7 Å². The maximum atomic E-state index is 12.1. The van der Waals surface area contributed by atoms with Crippen LogP contribution in [0.2, 0.25) is 0 Å². The number of hydrogen-bond donors (Lipinski definition) is 2. The van der Waals surface area contributed by atoms with Gasteiger partial charge in [0.15, 0.2) is 0 Å². The Morgan fingerprint density at radius 1 is 1.38 bits per heavy atom. The third-order valence-corrected chi connectivity index (χ3v) is 5.24. The second-order valence-corrected chi connectivity index (χ2v) is 6.87. The van der Waals surface area contributed by atoms with Crippen LogP contribution in [-0.4, -0.2) is 15.9 Å². The third kappa shape index (κ3) is 3.70. The van der Waals surface area contributed by atoms with E-state index >= 15 is 0 Å². The highest BCUT2D eigenvalue weighted by Gasteiger charge is 2.19. The van der Waals surface area contributed by atoms with Crippen molar-refractivity contribution in [1.82, 2.24) is 10.3 Å². The molecule has 0 radical (unpaired) electrons. The van der Waals surface area contributed by atoms with Crippen molar-refractivity contribution >= 4 is 28.7 Å². The second-order valence-electron chi connectivity index (χ2n) is 5.76. The summed E-state index contributed by atoms with van der Waals surface area (Å²) in [6.07, 6.45) is 4.45. The molecule has 1 aliphatic rings. The van der Waals surface area contributed by atoms with E-state index in [4.69, 9.17) is 0 Å². The number of carbonyl (C=O) groups excluding carboxylic acids is 1. The zero-order valence-electron chi connectivity index (χ0n) is 13.2. The first-order valence-corrected chi connectivity index (χ1v) is 8.65. The van der Waals surface area contributed by atoms with Gasteiger partial charge < -0.3 is 10.6 Å². The monoisotopic (exact) mass is 346 g/mol. The average Bonchev–Trinajstić information content (AvgIpc) is 2.99. The number of hydrogen-bond acceptors (Lipinski definition) is 5. The lowest BCUT2D eigenvalue weighted by atomic mass is 10.0. The van der Waals surface area contributed by atoms with E-state index in [1.807, 2.05) is 6.92 Å². The number of thiazole rings is 1. The number of carbonyl (C=O) groups is 1. The van der Waals surface area contributed by atoms with Gasteiger partial charge in [0.05, 0.1) is 16.7 Å². The minimum Gasteiger partial charge on any atom is -0.329 e. The number of amides is 2. The SMILES string of the molecule is C[C@@H](NC(=O)Nc1cccc([N+](=O)[O-])c1)c1nc2c(s1)CCCC2. The van der Waals surface area contributed by atoms with Gasteiger partial charge in [-0.25, -0.2) is 9.78 Å². The van der Waals surface area contributed by atoms with Crippen molar-refractivity contribution in [3.05, 3.63) is 50.0 Å². The largest absolute Gasteiger partial charge is 0.329 e. The molecule has 0 saturated heterocycles. The molecule has 3 rings (SSSR count). The first-order chi connectivity index (χ1) is 11.5. The minimum absolute atomic E-state index is 0.0616. The molecule has 0 spiro atoms. The Hall–Kier alpha value is -2.48. The van der Waals surface area contributed by atoms with E-state index in [0.717, 1.165) is 23.5 Å². The smallest absolute Gasteiger partial charge is 0.319 e. The van der Waals surface area contributed by atoms with Crippen molar-refractivity contribution in [2.24, 2.45) is 0 Å². The molecule has 2 amide bonds. The van der Waals surface area contributed by atoms with Crippen LogP contribution in [0.15, 0.2) is 24.3 Å². The van der Waals surface area contributed by atoms with E-state index < -0.39 is 11.0 Å². The molecule has 1 aromatic carbocycles. The highest BCUT2D eigenvalue weighted by Crippen LogP contribution is 2.29. The Morgan fingerprint density at radius 3 is 2.92 bits per heavy atom. The fourth-order valence-electron chi connectivity index (χ4n) is 2.68. The second kappa shape index (κ2) is 6.96. The summed E-state index contributed by atoms with van der Waals surface area (Å²) in [4.78, 5) is 28.3. The molecule has 0 unspecified atom stereocenters. The Morgan fingerprint density at radius 2 is 2.17 bits per heavy atom. The number of aromatic nitrogens is 1.